The molecule has 2 nitrogen and oxygen atoms in total. The summed E-state index contributed by atoms with van der Waals surface area (Å²) in [4.78, 5) is 1.20. The van der Waals surface area contributed by atoms with E-state index in [-0.39, 0.29) is 12.2 Å². The van der Waals surface area contributed by atoms with E-state index in [4.69, 9.17) is 4.74 Å². The molecule has 0 spiro atoms. The molecule has 5 atom stereocenters. The molecular weight excluding hydrogens is 268 g/mol. The molecule has 3 aliphatic rings. The van der Waals surface area contributed by atoms with Gasteiger partial charge in [-0.15, -0.1) is 11.8 Å². The number of para-hydroxylation sites is 1. The molecule has 3 heteroatoms. The highest BCUT2D eigenvalue weighted by atomic mass is 32.2. The predicted molar refractivity (Wildman–Crippen MR) is 81.1 cm³/mol. The zero-order valence-corrected chi connectivity index (χ0v) is 12.5. The van der Waals surface area contributed by atoms with Crippen molar-refractivity contribution < 1.29 is 9.84 Å². The van der Waals surface area contributed by atoms with Crippen molar-refractivity contribution in [2.24, 2.45) is 17.8 Å². The number of aliphatic hydroxyl groups is 1. The first-order chi connectivity index (χ1) is 9.79. The summed E-state index contributed by atoms with van der Waals surface area (Å²) in [7, 11) is 0. The van der Waals surface area contributed by atoms with Crippen LogP contribution < -0.4 is 4.74 Å². The molecule has 1 N–H and O–H groups in total. The minimum Gasteiger partial charge on any atom is -0.486 e. The van der Waals surface area contributed by atoms with E-state index in [1.807, 2.05) is 30.0 Å². The molecule has 2 aliphatic carbocycles. The van der Waals surface area contributed by atoms with E-state index in [1.165, 1.54) is 30.6 Å². The highest BCUT2D eigenvalue weighted by molar-refractivity contribution is 7.99. The van der Waals surface area contributed by atoms with Crippen LogP contribution in [0.2, 0.25) is 0 Å². The third kappa shape index (κ3) is 2.35. The number of fused-ring (bicyclic) bond motifs is 3. The van der Waals surface area contributed by atoms with Crippen LogP contribution in [0.15, 0.2) is 29.2 Å². The largest absolute Gasteiger partial charge is 0.486 e. The third-order valence-electron chi connectivity index (χ3n) is 5.39. The minimum atomic E-state index is -0.305. The molecular formula is C17H22O2S. The van der Waals surface area contributed by atoms with Crippen LogP contribution >= 0.6 is 11.8 Å². The molecule has 20 heavy (non-hydrogen) atoms. The summed E-state index contributed by atoms with van der Waals surface area (Å²) in [6.45, 7) is 0. The van der Waals surface area contributed by atoms with Gasteiger partial charge in [0, 0.05) is 10.6 Å². The summed E-state index contributed by atoms with van der Waals surface area (Å²) in [5, 5.41) is 10.5. The standard InChI is InChI=1S/C17H22O2S/c18-14(9-13-8-11-5-6-12(13)7-11)16-10-20-17-4-2-1-3-15(17)19-16/h1-4,11-14,16,18H,5-10H2. The van der Waals surface area contributed by atoms with Crippen LogP contribution in [0.5, 0.6) is 5.75 Å². The van der Waals surface area contributed by atoms with E-state index in [1.54, 1.807) is 0 Å². The van der Waals surface area contributed by atoms with Gasteiger partial charge < -0.3 is 9.84 Å². The van der Waals surface area contributed by atoms with Crippen LogP contribution in [0.1, 0.15) is 32.1 Å². The van der Waals surface area contributed by atoms with E-state index >= 15 is 0 Å². The number of benzene rings is 1. The van der Waals surface area contributed by atoms with Crippen molar-refractivity contribution >= 4 is 11.8 Å². The van der Waals surface area contributed by atoms with E-state index in [9.17, 15) is 5.11 Å². The van der Waals surface area contributed by atoms with Gasteiger partial charge in [-0.3, -0.25) is 0 Å². The van der Waals surface area contributed by atoms with Gasteiger partial charge in [-0.25, -0.2) is 0 Å². The van der Waals surface area contributed by atoms with Crippen LogP contribution in [0.25, 0.3) is 0 Å². The fourth-order valence-electron chi connectivity index (χ4n) is 4.35. The van der Waals surface area contributed by atoms with Crippen molar-refractivity contribution in [1.29, 1.82) is 0 Å². The molecule has 5 unspecified atom stereocenters. The summed E-state index contributed by atoms with van der Waals surface area (Å²) in [5.74, 6) is 4.41. The Bertz CT molecular complexity index is 490. The Morgan fingerprint density at radius 3 is 2.95 bits per heavy atom. The molecule has 2 saturated carbocycles. The molecule has 1 aromatic rings. The van der Waals surface area contributed by atoms with Gasteiger partial charge in [0.1, 0.15) is 11.9 Å². The second kappa shape index (κ2) is 5.27. The lowest BCUT2D eigenvalue weighted by Crippen LogP contribution is -2.37. The van der Waals surface area contributed by atoms with Gasteiger partial charge in [-0.2, -0.15) is 0 Å². The van der Waals surface area contributed by atoms with Crippen molar-refractivity contribution in [1.82, 2.24) is 0 Å². The lowest BCUT2D eigenvalue weighted by Gasteiger charge is -2.32. The Morgan fingerprint density at radius 2 is 2.15 bits per heavy atom. The smallest absolute Gasteiger partial charge is 0.134 e. The molecule has 1 aliphatic heterocycles. The van der Waals surface area contributed by atoms with Crippen molar-refractivity contribution in [3.8, 4) is 5.75 Å². The molecule has 0 aromatic heterocycles. The van der Waals surface area contributed by atoms with Gasteiger partial charge in [-0.1, -0.05) is 18.6 Å². The number of aliphatic hydroxyl groups excluding tert-OH is 1. The summed E-state index contributed by atoms with van der Waals surface area (Å²) in [5.41, 5.74) is 0. The van der Waals surface area contributed by atoms with Gasteiger partial charge in [0.05, 0.1) is 6.10 Å². The average molecular weight is 290 g/mol. The average Bonchev–Trinajstić information content (AvgIpc) is 3.09. The Morgan fingerprint density at radius 1 is 1.25 bits per heavy atom. The Kier molecular flexibility index (Phi) is 3.43. The fourth-order valence-corrected chi connectivity index (χ4v) is 5.42. The number of hydrogen-bond acceptors (Lipinski definition) is 3. The molecule has 1 aromatic carbocycles. The normalized spacial score (nSPS) is 36.5. The zero-order valence-electron chi connectivity index (χ0n) is 11.7. The first-order valence-corrected chi connectivity index (χ1v) is 8.84. The molecule has 108 valence electrons. The van der Waals surface area contributed by atoms with Gasteiger partial charge in [-0.05, 0) is 55.6 Å². The molecule has 2 bridgehead atoms. The highest BCUT2D eigenvalue weighted by Crippen LogP contribution is 2.50. The number of rotatable bonds is 3. The summed E-state index contributed by atoms with van der Waals surface area (Å²) >= 11 is 1.81. The van der Waals surface area contributed by atoms with Gasteiger partial charge in [0.15, 0.2) is 0 Å². The van der Waals surface area contributed by atoms with Crippen molar-refractivity contribution in [3.63, 3.8) is 0 Å². The van der Waals surface area contributed by atoms with Crippen molar-refractivity contribution in [2.45, 2.75) is 49.2 Å². The first kappa shape index (κ1) is 13.0. The Balaban J connectivity index is 1.39. The fraction of sp³-hybridized carbons (Fsp3) is 0.647. The van der Waals surface area contributed by atoms with Gasteiger partial charge in [0.2, 0.25) is 0 Å². The molecule has 4 rings (SSSR count). The molecule has 0 radical (unpaired) electrons. The van der Waals surface area contributed by atoms with E-state index < -0.39 is 0 Å². The Labute approximate surface area is 124 Å². The van der Waals surface area contributed by atoms with E-state index in [2.05, 4.69) is 6.07 Å². The molecule has 0 saturated heterocycles. The quantitative estimate of drug-likeness (QED) is 0.920. The number of ether oxygens (including phenoxy) is 1. The number of thioether (sulfide) groups is 1. The Hall–Kier alpha value is -0.670. The van der Waals surface area contributed by atoms with Crippen LogP contribution in [0.3, 0.4) is 0 Å². The van der Waals surface area contributed by atoms with Crippen molar-refractivity contribution in [2.75, 3.05) is 5.75 Å². The maximum absolute atomic E-state index is 10.5. The topological polar surface area (TPSA) is 29.5 Å². The third-order valence-corrected chi connectivity index (χ3v) is 6.53. The van der Waals surface area contributed by atoms with Crippen molar-refractivity contribution in [3.05, 3.63) is 24.3 Å². The highest BCUT2D eigenvalue weighted by Gasteiger charge is 2.41. The van der Waals surface area contributed by atoms with Crippen LogP contribution in [-0.2, 0) is 0 Å². The molecule has 1 heterocycles. The van der Waals surface area contributed by atoms with Gasteiger partial charge >= 0.3 is 0 Å². The minimum absolute atomic E-state index is 0.0333. The van der Waals surface area contributed by atoms with Crippen LogP contribution in [-0.4, -0.2) is 23.1 Å². The van der Waals surface area contributed by atoms with Crippen LogP contribution in [0, 0.1) is 17.8 Å². The summed E-state index contributed by atoms with van der Waals surface area (Å²) in [6.07, 6.45) is 6.19. The lowest BCUT2D eigenvalue weighted by atomic mass is 9.84. The van der Waals surface area contributed by atoms with Gasteiger partial charge in [0.25, 0.3) is 0 Å². The first-order valence-electron chi connectivity index (χ1n) is 7.86. The predicted octanol–water partition coefficient (Wildman–Crippen LogP) is 3.73. The maximum atomic E-state index is 10.5. The second-order valence-corrected chi connectivity index (χ2v) is 7.71. The van der Waals surface area contributed by atoms with E-state index in [0.717, 1.165) is 35.7 Å². The number of hydrogen-bond donors (Lipinski definition) is 1. The van der Waals surface area contributed by atoms with E-state index in [0.29, 0.717) is 0 Å². The summed E-state index contributed by atoms with van der Waals surface area (Å²) in [6, 6.07) is 8.16. The lowest BCUT2D eigenvalue weighted by molar-refractivity contribution is 0.0234. The maximum Gasteiger partial charge on any atom is 0.134 e. The second-order valence-electron chi connectivity index (χ2n) is 6.65. The monoisotopic (exact) mass is 290 g/mol. The zero-order chi connectivity index (χ0) is 13.5. The molecule has 0 amide bonds. The molecule has 2 fully saturated rings. The SMILES string of the molecule is OC(CC1CC2CCC1C2)C1CSc2ccccc2O1. The summed E-state index contributed by atoms with van der Waals surface area (Å²) < 4.78 is 6.01. The van der Waals surface area contributed by atoms with Crippen LogP contribution in [0.4, 0.5) is 0 Å².